The Balaban J connectivity index is 1.96. The fourth-order valence-corrected chi connectivity index (χ4v) is 1.60. The van der Waals surface area contributed by atoms with Crippen LogP contribution in [0.15, 0.2) is 0 Å². The molecule has 1 fully saturated rings. The zero-order valence-electron chi connectivity index (χ0n) is 9.02. The number of hydrogen-bond acceptors (Lipinski definition) is 2. The number of alkyl halides is 3. The highest BCUT2D eigenvalue weighted by molar-refractivity contribution is 4.83. The minimum atomic E-state index is -4.19. The highest BCUT2D eigenvalue weighted by Crippen LogP contribution is 2.26. The summed E-state index contributed by atoms with van der Waals surface area (Å²) in [5.41, 5.74) is 0. The molecule has 5 heteroatoms. The second-order valence-electron chi connectivity index (χ2n) is 3.88. The van der Waals surface area contributed by atoms with Gasteiger partial charge in [0, 0.05) is 19.2 Å². The molecule has 0 aromatic rings. The highest BCUT2D eigenvalue weighted by atomic mass is 19.4. The molecule has 0 saturated heterocycles. The van der Waals surface area contributed by atoms with Crippen molar-refractivity contribution in [1.29, 1.82) is 0 Å². The second-order valence-corrected chi connectivity index (χ2v) is 3.88. The Morgan fingerprint density at radius 3 is 2.47 bits per heavy atom. The third kappa shape index (κ3) is 5.99. The quantitative estimate of drug-likeness (QED) is 0.617. The Labute approximate surface area is 88.4 Å². The second kappa shape index (κ2) is 5.70. The summed E-state index contributed by atoms with van der Waals surface area (Å²) in [6.45, 7) is 2.98. The van der Waals surface area contributed by atoms with Crippen LogP contribution in [0.2, 0.25) is 0 Å². The fraction of sp³-hybridized carbons (Fsp3) is 1.00. The topological polar surface area (TPSA) is 12.5 Å². The number of nitrogens with zero attached hydrogens (tertiary/aromatic N) is 1. The van der Waals surface area contributed by atoms with Crippen molar-refractivity contribution in [2.24, 2.45) is 0 Å². The molecule has 1 aliphatic carbocycles. The predicted octanol–water partition coefficient (Wildman–Crippen LogP) is 2.44. The molecule has 0 radical (unpaired) electrons. The summed E-state index contributed by atoms with van der Waals surface area (Å²) in [6.07, 6.45) is -1.05. The summed E-state index contributed by atoms with van der Waals surface area (Å²) >= 11 is 0. The molecule has 0 aliphatic heterocycles. The lowest BCUT2D eigenvalue weighted by molar-refractivity contribution is -0.174. The first-order chi connectivity index (χ1) is 7.03. The lowest BCUT2D eigenvalue weighted by Gasteiger charge is -2.19. The van der Waals surface area contributed by atoms with Crippen LogP contribution in [-0.2, 0) is 4.74 Å². The molecule has 15 heavy (non-hydrogen) atoms. The van der Waals surface area contributed by atoms with Crippen molar-refractivity contribution in [3.8, 4) is 0 Å². The van der Waals surface area contributed by atoms with Gasteiger partial charge in [0.2, 0.25) is 0 Å². The molecule has 2 nitrogen and oxygen atoms in total. The predicted molar refractivity (Wildman–Crippen MR) is 51.8 cm³/mol. The van der Waals surface area contributed by atoms with E-state index in [4.69, 9.17) is 0 Å². The van der Waals surface area contributed by atoms with Gasteiger partial charge in [-0.25, -0.2) is 0 Å². The Kier molecular flexibility index (Phi) is 4.86. The van der Waals surface area contributed by atoms with Crippen LogP contribution < -0.4 is 0 Å². The SMILES string of the molecule is CCN(CCCOCC(F)(F)F)C1CC1. The third-order valence-electron chi connectivity index (χ3n) is 2.47. The molecule has 0 amide bonds. The van der Waals surface area contributed by atoms with Gasteiger partial charge in [-0.15, -0.1) is 0 Å². The molecule has 90 valence electrons. The zero-order valence-corrected chi connectivity index (χ0v) is 9.02. The van der Waals surface area contributed by atoms with E-state index in [2.05, 4.69) is 16.6 Å². The Bertz CT molecular complexity index is 180. The molecular weight excluding hydrogens is 207 g/mol. The van der Waals surface area contributed by atoms with Gasteiger partial charge in [0.05, 0.1) is 0 Å². The van der Waals surface area contributed by atoms with Gasteiger partial charge in [-0.05, 0) is 25.8 Å². The summed E-state index contributed by atoms with van der Waals surface area (Å²) in [4.78, 5) is 2.30. The summed E-state index contributed by atoms with van der Waals surface area (Å²) in [5.74, 6) is 0. The maximum Gasteiger partial charge on any atom is 0.411 e. The molecule has 0 unspecified atom stereocenters. The zero-order chi connectivity index (χ0) is 11.3. The van der Waals surface area contributed by atoms with Crippen molar-refractivity contribution in [3.05, 3.63) is 0 Å². The van der Waals surface area contributed by atoms with Gasteiger partial charge in [-0.2, -0.15) is 13.2 Å². The molecule has 1 saturated carbocycles. The van der Waals surface area contributed by atoms with E-state index in [1.165, 1.54) is 12.8 Å². The van der Waals surface area contributed by atoms with Crippen molar-refractivity contribution >= 4 is 0 Å². The fourth-order valence-electron chi connectivity index (χ4n) is 1.60. The van der Waals surface area contributed by atoms with Crippen molar-refractivity contribution in [2.45, 2.75) is 38.4 Å². The molecular formula is C10H18F3NO. The van der Waals surface area contributed by atoms with E-state index < -0.39 is 12.8 Å². The van der Waals surface area contributed by atoms with Crippen molar-refractivity contribution in [1.82, 2.24) is 4.90 Å². The van der Waals surface area contributed by atoms with Crippen LogP contribution in [0.25, 0.3) is 0 Å². The van der Waals surface area contributed by atoms with Gasteiger partial charge in [0.25, 0.3) is 0 Å². The molecule has 1 rings (SSSR count). The number of rotatable bonds is 7. The van der Waals surface area contributed by atoms with E-state index >= 15 is 0 Å². The van der Waals surface area contributed by atoms with E-state index in [1.54, 1.807) is 0 Å². The first-order valence-electron chi connectivity index (χ1n) is 5.41. The molecule has 0 N–H and O–H groups in total. The van der Waals surface area contributed by atoms with E-state index in [9.17, 15) is 13.2 Å². The minimum absolute atomic E-state index is 0.197. The van der Waals surface area contributed by atoms with Crippen LogP contribution in [0, 0.1) is 0 Å². The van der Waals surface area contributed by atoms with Gasteiger partial charge >= 0.3 is 6.18 Å². The van der Waals surface area contributed by atoms with Crippen molar-refractivity contribution < 1.29 is 17.9 Å². The lowest BCUT2D eigenvalue weighted by atomic mass is 10.4. The molecule has 0 spiro atoms. The molecule has 1 aliphatic rings. The van der Waals surface area contributed by atoms with Crippen LogP contribution >= 0.6 is 0 Å². The largest absolute Gasteiger partial charge is 0.411 e. The van der Waals surface area contributed by atoms with Gasteiger partial charge < -0.3 is 9.64 Å². The summed E-state index contributed by atoms with van der Waals surface area (Å²) in [6, 6.07) is 0.678. The molecule has 0 heterocycles. The first kappa shape index (κ1) is 12.8. The van der Waals surface area contributed by atoms with Crippen LogP contribution in [0.5, 0.6) is 0 Å². The van der Waals surface area contributed by atoms with Crippen molar-refractivity contribution in [3.63, 3.8) is 0 Å². The third-order valence-corrected chi connectivity index (χ3v) is 2.47. The van der Waals surface area contributed by atoms with E-state index in [0.29, 0.717) is 12.5 Å². The monoisotopic (exact) mass is 225 g/mol. The standard InChI is InChI=1S/C10H18F3NO/c1-2-14(9-4-5-9)6-3-7-15-8-10(11,12)13/h9H,2-8H2,1H3. The summed E-state index contributed by atoms with van der Waals surface area (Å²) < 4.78 is 39.7. The van der Waals surface area contributed by atoms with Crippen LogP contribution in [0.4, 0.5) is 13.2 Å². The van der Waals surface area contributed by atoms with E-state index in [0.717, 1.165) is 13.1 Å². The first-order valence-corrected chi connectivity index (χ1v) is 5.41. The molecule has 0 bridgehead atoms. The Hall–Kier alpha value is -0.290. The van der Waals surface area contributed by atoms with Gasteiger partial charge in [0.1, 0.15) is 6.61 Å². The lowest BCUT2D eigenvalue weighted by Crippen LogP contribution is -2.28. The van der Waals surface area contributed by atoms with E-state index in [-0.39, 0.29) is 6.61 Å². The minimum Gasteiger partial charge on any atom is -0.372 e. The van der Waals surface area contributed by atoms with Crippen LogP contribution in [0.1, 0.15) is 26.2 Å². The summed E-state index contributed by atoms with van der Waals surface area (Å²) in [5, 5.41) is 0. The average Bonchev–Trinajstić information content (AvgIpc) is 2.92. The Morgan fingerprint density at radius 2 is 2.00 bits per heavy atom. The molecule has 0 aromatic carbocycles. The highest BCUT2D eigenvalue weighted by Gasteiger charge is 2.28. The number of ether oxygens (including phenoxy) is 1. The average molecular weight is 225 g/mol. The smallest absolute Gasteiger partial charge is 0.372 e. The molecule has 0 aromatic heterocycles. The van der Waals surface area contributed by atoms with Crippen LogP contribution in [-0.4, -0.2) is 43.4 Å². The van der Waals surface area contributed by atoms with Crippen molar-refractivity contribution in [2.75, 3.05) is 26.3 Å². The maximum atomic E-state index is 11.7. The van der Waals surface area contributed by atoms with E-state index in [1.807, 2.05) is 0 Å². The molecule has 0 atom stereocenters. The van der Waals surface area contributed by atoms with Crippen LogP contribution in [0.3, 0.4) is 0 Å². The maximum absolute atomic E-state index is 11.7. The van der Waals surface area contributed by atoms with Gasteiger partial charge in [-0.1, -0.05) is 6.92 Å². The normalized spacial score (nSPS) is 17.4. The summed E-state index contributed by atoms with van der Waals surface area (Å²) in [7, 11) is 0. The van der Waals surface area contributed by atoms with Gasteiger partial charge in [0.15, 0.2) is 0 Å². The number of halogens is 3. The Morgan fingerprint density at radius 1 is 1.33 bits per heavy atom. The van der Waals surface area contributed by atoms with Gasteiger partial charge in [-0.3, -0.25) is 0 Å². The number of hydrogen-bond donors (Lipinski definition) is 0.